The van der Waals surface area contributed by atoms with E-state index in [0.29, 0.717) is 22.1 Å². The summed E-state index contributed by atoms with van der Waals surface area (Å²) >= 11 is 6.39. The van der Waals surface area contributed by atoms with E-state index in [-0.39, 0.29) is 12.2 Å². The van der Waals surface area contributed by atoms with Crippen molar-refractivity contribution in [3.8, 4) is 22.5 Å². The Labute approximate surface area is 172 Å². The maximum atomic E-state index is 12.5. The Morgan fingerprint density at radius 1 is 1.10 bits per heavy atom. The zero-order valence-electron chi connectivity index (χ0n) is 15.9. The van der Waals surface area contributed by atoms with Gasteiger partial charge in [-0.3, -0.25) is 14.8 Å². The number of ketones is 1. The van der Waals surface area contributed by atoms with E-state index in [9.17, 15) is 4.79 Å². The third-order valence-electron chi connectivity index (χ3n) is 4.55. The van der Waals surface area contributed by atoms with Gasteiger partial charge in [0.05, 0.1) is 13.5 Å². The number of aryl methyl sites for hydroxylation is 2. The van der Waals surface area contributed by atoms with Crippen molar-refractivity contribution in [1.82, 2.24) is 30.2 Å². The number of tetrazole rings is 1. The van der Waals surface area contributed by atoms with E-state index in [1.165, 1.54) is 4.80 Å². The molecule has 4 rings (SSSR count). The molecule has 0 saturated carbocycles. The van der Waals surface area contributed by atoms with Crippen LogP contribution in [0.2, 0.25) is 5.02 Å². The standard InChI is InChI=1S/C21H17ClN6O/c1-13-7-8-23-12-18(13)20(29)10-16-5-3-15(11-24-16)17-9-14(4-6-19(17)22)21-25-27-28(2)26-21/h3-9,11-12H,10H2,1-2H3. The summed E-state index contributed by atoms with van der Waals surface area (Å²) in [6.07, 6.45) is 5.20. The number of hydrogen-bond acceptors (Lipinski definition) is 6. The molecule has 0 amide bonds. The molecule has 0 atom stereocenters. The van der Waals surface area contributed by atoms with Crippen LogP contribution < -0.4 is 0 Å². The molecule has 0 N–H and O–H groups in total. The first-order valence-corrected chi connectivity index (χ1v) is 9.32. The van der Waals surface area contributed by atoms with E-state index in [1.54, 1.807) is 31.7 Å². The number of carbonyl (C=O) groups excluding carboxylic acids is 1. The fraction of sp³-hybridized carbons (Fsp3) is 0.143. The summed E-state index contributed by atoms with van der Waals surface area (Å²) in [7, 11) is 1.71. The van der Waals surface area contributed by atoms with Crippen LogP contribution in [0, 0.1) is 6.92 Å². The highest BCUT2D eigenvalue weighted by molar-refractivity contribution is 6.33. The van der Waals surface area contributed by atoms with Gasteiger partial charge in [-0.1, -0.05) is 17.7 Å². The summed E-state index contributed by atoms with van der Waals surface area (Å²) in [4.78, 5) is 22.4. The minimum atomic E-state index is -0.00962. The molecule has 0 spiro atoms. The second kappa shape index (κ2) is 7.89. The summed E-state index contributed by atoms with van der Waals surface area (Å²) in [5.41, 5.74) is 4.67. The van der Waals surface area contributed by atoms with Crippen LogP contribution in [0.4, 0.5) is 0 Å². The summed E-state index contributed by atoms with van der Waals surface area (Å²) in [5, 5.41) is 12.7. The van der Waals surface area contributed by atoms with Gasteiger partial charge in [-0.25, -0.2) is 0 Å². The number of benzene rings is 1. The molecule has 3 heterocycles. The molecule has 0 unspecified atom stereocenters. The monoisotopic (exact) mass is 404 g/mol. The highest BCUT2D eigenvalue weighted by atomic mass is 35.5. The van der Waals surface area contributed by atoms with Crippen LogP contribution in [0.3, 0.4) is 0 Å². The Kier molecular flexibility index (Phi) is 5.14. The van der Waals surface area contributed by atoms with Gasteiger partial charge in [0, 0.05) is 51.6 Å². The lowest BCUT2D eigenvalue weighted by Gasteiger charge is -2.08. The summed E-state index contributed by atoms with van der Waals surface area (Å²) in [6, 6.07) is 11.1. The number of halogens is 1. The lowest BCUT2D eigenvalue weighted by molar-refractivity contribution is 0.0991. The number of nitrogens with zero attached hydrogens (tertiary/aromatic N) is 6. The smallest absolute Gasteiger partial charge is 0.204 e. The first-order chi connectivity index (χ1) is 14.0. The van der Waals surface area contributed by atoms with Crippen LogP contribution in [-0.4, -0.2) is 36.0 Å². The molecule has 29 heavy (non-hydrogen) atoms. The van der Waals surface area contributed by atoms with Crippen molar-refractivity contribution in [2.75, 3.05) is 0 Å². The molecule has 0 aliphatic heterocycles. The van der Waals surface area contributed by atoms with Gasteiger partial charge in [0.15, 0.2) is 5.78 Å². The van der Waals surface area contributed by atoms with Crippen molar-refractivity contribution >= 4 is 17.4 Å². The Balaban J connectivity index is 1.58. The molecule has 4 aromatic rings. The van der Waals surface area contributed by atoms with Crippen molar-refractivity contribution in [1.29, 1.82) is 0 Å². The Hall–Kier alpha value is -3.45. The fourth-order valence-corrected chi connectivity index (χ4v) is 3.22. The maximum absolute atomic E-state index is 12.5. The van der Waals surface area contributed by atoms with Crippen molar-refractivity contribution < 1.29 is 4.79 Å². The predicted octanol–water partition coefficient (Wildman–Crippen LogP) is 3.72. The van der Waals surface area contributed by atoms with Crippen LogP contribution in [0.15, 0.2) is 55.0 Å². The normalized spacial score (nSPS) is 10.9. The molecule has 0 fully saturated rings. The van der Waals surface area contributed by atoms with E-state index < -0.39 is 0 Å². The molecular formula is C21H17ClN6O. The second-order valence-electron chi connectivity index (χ2n) is 6.63. The van der Waals surface area contributed by atoms with E-state index in [2.05, 4.69) is 25.4 Å². The lowest BCUT2D eigenvalue weighted by Crippen LogP contribution is -2.07. The Bertz CT molecular complexity index is 1190. The van der Waals surface area contributed by atoms with Gasteiger partial charge in [-0.05, 0) is 48.0 Å². The molecule has 7 nitrogen and oxygen atoms in total. The molecular weight excluding hydrogens is 388 g/mol. The van der Waals surface area contributed by atoms with Crippen LogP contribution in [0.25, 0.3) is 22.5 Å². The van der Waals surface area contributed by atoms with Crippen LogP contribution >= 0.6 is 11.6 Å². The van der Waals surface area contributed by atoms with Crippen molar-refractivity contribution in [2.24, 2.45) is 7.05 Å². The van der Waals surface area contributed by atoms with Crippen molar-refractivity contribution in [3.63, 3.8) is 0 Å². The first-order valence-electron chi connectivity index (χ1n) is 8.94. The molecule has 0 aliphatic rings. The van der Waals surface area contributed by atoms with Gasteiger partial charge in [0.25, 0.3) is 0 Å². The molecule has 144 valence electrons. The Morgan fingerprint density at radius 3 is 2.62 bits per heavy atom. The van der Waals surface area contributed by atoms with Crippen LogP contribution in [0.1, 0.15) is 21.6 Å². The first kappa shape index (κ1) is 18.9. The summed E-state index contributed by atoms with van der Waals surface area (Å²) in [6.45, 7) is 1.90. The topological polar surface area (TPSA) is 86.5 Å². The number of hydrogen-bond donors (Lipinski definition) is 0. The van der Waals surface area contributed by atoms with E-state index in [1.807, 2.05) is 37.3 Å². The van der Waals surface area contributed by atoms with Gasteiger partial charge >= 0.3 is 0 Å². The minimum absolute atomic E-state index is 0.00962. The molecule has 1 aromatic carbocycles. The third kappa shape index (κ3) is 4.05. The summed E-state index contributed by atoms with van der Waals surface area (Å²) < 4.78 is 0. The maximum Gasteiger partial charge on any atom is 0.204 e. The number of carbonyl (C=O) groups is 1. The molecule has 0 bridgehead atoms. The largest absolute Gasteiger partial charge is 0.294 e. The zero-order valence-corrected chi connectivity index (χ0v) is 16.6. The quantitative estimate of drug-likeness (QED) is 0.471. The van der Waals surface area contributed by atoms with E-state index in [4.69, 9.17) is 11.6 Å². The number of pyridine rings is 2. The van der Waals surface area contributed by atoms with Gasteiger partial charge < -0.3 is 0 Å². The van der Waals surface area contributed by atoms with Gasteiger partial charge in [0.2, 0.25) is 5.82 Å². The second-order valence-corrected chi connectivity index (χ2v) is 7.03. The van der Waals surface area contributed by atoms with E-state index >= 15 is 0 Å². The highest BCUT2D eigenvalue weighted by Gasteiger charge is 2.13. The van der Waals surface area contributed by atoms with Crippen molar-refractivity contribution in [3.05, 3.63) is 76.8 Å². The zero-order chi connectivity index (χ0) is 20.4. The molecule has 8 heteroatoms. The number of aromatic nitrogens is 6. The summed E-state index contributed by atoms with van der Waals surface area (Å²) in [5.74, 6) is 0.511. The van der Waals surface area contributed by atoms with Gasteiger partial charge in [0.1, 0.15) is 0 Å². The van der Waals surface area contributed by atoms with Crippen LogP contribution in [0.5, 0.6) is 0 Å². The molecule has 0 aliphatic carbocycles. The number of Topliss-reactive ketones (excluding diaryl/α,β-unsaturated/α-hetero) is 1. The molecule has 3 aromatic heterocycles. The highest BCUT2D eigenvalue weighted by Crippen LogP contribution is 2.31. The average Bonchev–Trinajstić information content (AvgIpc) is 3.16. The van der Waals surface area contributed by atoms with Crippen LogP contribution in [-0.2, 0) is 13.5 Å². The van der Waals surface area contributed by atoms with Gasteiger partial charge in [-0.15, -0.1) is 10.2 Å². The minimum Gasteiger partial charge on any atom is -0.294 e. The third-order valence-corrected chi connectivity index (χ3v) is 4.88. The lowest BCUT2D eigenvalue weighted by atomic mass is 10.0. The number of rotatable bonds is 5. The van der Waals surface area contributed by atoms with Crippen molar-refractivity contribution in [2.45, 2.75) is 13.3 Å². The molecule has 0 radical (unpaired) electrons. The Morgan fingerprint density at radius 2 is 1.93 bits per heavy atom. The van der Waals surface area contributed by atoms with Gasteiger partial charge in [-0.2, -0.15) is 4.80 Å². The van der Waals surface area contributed by atoms with E-state index in [0.717, 1.165) is 22.3 Å². The molecule has 0 saturated heterocycles. The average molecular weight is 405 g/mol. The predicted molar refractivity (Wildman–Crippen MR) is 109 cm³/mol. The SMILES string of the molecule is Cc1ccncc1C(=O)Cc1ccc(-c2cc(-c3nnn(C)n3)ccc2Cl)cn1. The fourth-order valence-electron chi connectivity index (χ4n) is 2.99.